The van der Waals surface area contributed by atoms with Gasteiger partial charge in [-0.3, -0.25) is 18.9 Å². The van der Waals surface area contributed by atoms with E-state index >= 15 is 0 Å². The molecule has 0 aliphatic carbocycles. The summed E-state index contributed by atoms with van der Waals surface area (Å²) in [6.07, 6.45) is 5.02. The van der Waals surface area contributed by atoms with Crippen LogP contribution in [0.4, 0.5) is 5.82 Å². The number of anilines is 1. The van der Waals surface area contributed by atoms with E-state index in [1.807, 2.05) is 25.1 Å². The molecular weight excluding hydrogens is 480 g/mol. The number of aryl methyl sites for hydroxylation is 1. The maximum absolute atomic E-state index is 13.7. The van der Waals surface area contributed by atoms with Gasteiger partial charge in [0, 0.05) is 39.5 Å². The Kier molecular flexibility index (Phi) is 6.73. The molecule has 35 heavy (non-hydrogen) atoms. The Morgan fingerprint density at radius 1 is 1.17 bits per heavy atom. The Morgan fingerprint density at radius 2 is 1.97 bits per heavy atom. The van der Waals surface area contributed by atoms with E-state index in [4.69, 9.17) is 21.9 Å². The fraction of sp³-hybridized carbons (Fsp3) is 0.308. The average Bonchev–Trinajstić information content (AvgIpc) is 3.13. The minimum Gasteiger partial charge on any atom is -0.385 e. The number of benzene rings is 1. The van der Waals surface area contributed by atoms with Crippen LogP contribution in [0.2, 0.25) is 0 Å². The topological polar surface area (TPSA) is 67.2 Å². The molecule has 1 amide bonds. The van der Waals surface area contributed by atoms with Crippen LogP contribution in [-0.2, 0) is 22.5 Å². The number of amides is 1. The van der Waals surface area contributed by atoms with Crippen molar-refractivity contribution in [1.29, 1.82) is 0 Å². The fourth-order valence-corrected chi connectivity index (χ4v) is 5.77. The largest absolute Gasteiger partial charge is 0.385 e. The van der Waals surface area contributed by atoms with Crippen molar-refractivity contribution in [2.45, 2.75) is 26.3 Å². The maximum atomic E-state index is 13.7. The van der Waals surface area contributed by atoms with Crippen LogP contribution in [0, 0.1) is 6.92 Å². The van der Waals surface area contributed by atoms with Gasteiger partial charge in [0.15, 0.2) is 0 Å². The number of methoxy groups -OCH3 is 1. The SMILES string of the molecule is COCCCN1C(=O)/C(=C/c2c(N3CCc4ccccc4C3)nc3ccc(C)cn3c2=O)SC1=S. The van der Waals surface area contributed by atoms with Crippen molar-refractivity contribution in [2.75, 3.05) is 31.7 Å². The molecule has 1 saturated heterocycles. The smallest absolute Gasteiger partial charge is 0.267 e. The first-order valence-corrected chi connectivity index (χ1v) is 12.8. The lowest BCUT2D eigenvalue weighted by molar-refractivity contribution is -0.122. The minimum atomic E-state index is -0.197. The van der Waals surface area contributed by atoms with Crippen molar-refractivity contribution in [1.82, 2.24) is 14.3 Å². The van der Waals surface area contributed by atoms with Gasteiger partial charge in [0.25, 0.3) is 11.5 Å². The third-order valence-corrected chi connectivity index (χ3v) is 7.67. The van der Waals surface area contributed by atoms with E-state index in [1.54, 1.807) is 28.7 Å². The minimum absolute atomic E-state index is 0.181. The quantitative estimate of drug-likeness (QED) is 0.286. The highest BCUT2D eigenvalue weighted by Gasteiger charge is 2.33. The number of thiocarbonyl (C=S) groups is 1. The summed E-state index contributed by atoms with van der Waals surface area (Å²) in [5, 5.41) is 0. The first-order valence-electron chi connectivity index (χ1n) is 11.6. The molecule has 2 aromatic heterocycles. The zero-order valence-corrected chi connectivity index (χ0v) is 21.3. The van der Waals surface area contributed by atoms with Gasteiger partial charge in [-0.1, -0.05) is 54.3 Å². The second kappa shape index (κ2) is 9.93. The van der Waals surface area contributed by atoms with Crippen LogP contribution in [0.25, 0.3) is 11.7 Å². The highest BCUT2D eigenvalue weighted by atomic mass is 32.2. The molecule has 0 radical (unpaired) electrons. The molecule has 1 fully saturated rings. The molecule has 2 aliphatic rings. The lowest BCUT2D eigenvalue weighted by Gasteiger charge is -2.30. The van der Waals surface area contributed by atoms with Crippen molar-refractivity contribution in [3.8, 4) is 0 Å². The first-order chi connectivity index (χ1) is 17.0. The number of hydrogen-bond donors (Lipinski definition) is 0. The summed E-state index contributed by atoms with van der Waals surface area (Å²) in [5.74, 6) is 0.415. The standard InChI is InChI=1S/C26H26N4O3S2/c1-17-8-9-22-27-23(28-12-10-18-6-3-4-7-19(18)16-28)20(24(31)30(22)15-17)14-21-25(32)29(26(34)35-21)11-5-13-33-2/h3-4,6-9,14-15H,5,10-13,16H2,1-2H3/b21-14-. The summed E-state index contributed by atoms with van der Waals surface area (Å²) in [6, 6.07) is 12.2. The van der Waals surface area contributed by atoms with Crippen LogP contribution in [0.15, 0.2) is 52.3 Å². The van der Waals surface area contributed by atoms with E-state index in [-0.39, 0.29) is 11.5 Å². The molecule has 2 aliphatic heterocycles. The van der Waals surface area contributed by atoms with Crippen molar-refractivity contribution < 1.29 is 9.53 Å². The van der Waals surface area contributed by atoms with Crippen LogP contribution in [0.1, 0.15) is 28.7 Å². The zero-order valence-electron chi connectivity index (χ0n) is 19.7. The summed E-state index contributed by atoms with van der Waals surface area (Å²) in [4.78, 5) is 35.9. The third-order valence-electron chi connectivity index (χ3n) is 6.29. The van der Waals surface area contributed by atoms with Gasteiger partial charge in [0.2, 0.25) is 0 Å². The van der Waals surface area contributed by atoms with Gasteiger partial charge in [-0.25, -0.2) is 4.98 Å². The first kappa shape index (κ1) is 23.7. The predicted octanol–water partition coefficient (Wildman–Crippen LogP) is 3.80. The number of ether oxygens (including phenoxy) is 1. The van der Waals surface area contributed by atoms with Crippen molar-refractivity contribution in [3.05, 3.63) is 80.1 Å². The Labute approximate surface area is 213 Å². The molecule has 9 heteroatoms. The summed E-state index contributed by atoms with van der Waals surface area (Å²) in [5.41, 5.74) is 4.28. The number of thioether (sulfide) groups is 1. The second-order valence-corrected chi connectivity index (χ2v) is 10.4. The van der Waals surface area contributed by atoms with E-state index < -0.39 is 0 Å². The van der Waals surface area contributed by atoms with Crippen LogP contribution in [0.3, 0.4) is 0 Å². The summed E-state index contributed by atoms with van der Waals surface area (Å²) < 4.78 is 7.16. The van der Waals surface area contributed by atoms with Crippen molar-refractivity contribution >= 4 is 51.7 Å². The number of hydrogen-bond acceptors (Lipinski definition) is 7. The van der Waals surface area contributed by atoms with E-state index in [2.05, 4.69) is 23.1 Å². The summed E-state index contributed by atoms with van der Waals surface area (Å²) >= 11 is 6.70. The van der Waals surface area contributed by atoms with Gasteiger partial charge in [-0.05, 0) is 48.6 Å². The van der Waals surface area contributed by atoms with Gasteiger partial charge >= 0.3 is 0 Å². The van der Waals surface area contributed by atoms with E-state index in [0.29, 0.717) is 52.4 Å². The molecule has 7 nitrogen and oxygen atoms in total. The monoisotopic (exact) mass is 506 g/mol. The Bertz CT molecular complexity index is 1420. The van der Waals surface area contributed by atoms with E-state index in [1.165, 1.54) is 22.9 Å². The average molecular weight is 507 g/mol. The number of aromatic nitrogens is 2. The van der Waals surface area contributed by atoms with Gasteiger partial charge in [-0.2, -0.15) is 0 Å². The van der Waals surface area contributed by atoms with Crippen LogP contribution in [-0.4, -0.2) is 51.3 Å². The second-order valence-electron chi connectivity index (χ2n) is 8.71. The van der Waals surface area contributed by atoms with Crippen LogP contribution < -0.4 is 10.5 Å². The van der Waals surface area contributed by atoms with Gasteiger partial charge in [-0.15, -0.1) is 0 Å². The lowest BCUT2D eigenvalue weighted by atomic mass is 9.99. The Balaban J connectivity index is 1.59. The molecular formula is C26H26N4O3S2. The molecule has 5 rings (SSSR count). The number of nitrogens with zero attached hydrogens (tertiary/aromatic N) is 4. The summed E-state index contributed by atoms with van der Waals surface area (Å²) in [6.45, 7) is 4.37. The molecule has 0 bridgehead atoms. The van der Waals surface area contributed by atoms with Crippen LogP contribution >= 0.6 is 24.0 Å². The van der Waals surface area contributed by atoms with Gasteiger partial charge < -0.3 is 9.64 Å². The van der Waals surface area contributed by atoms with Crippen molar-refractivity contribution in [3.63, 3.8) is 0 Å². The van der Waals surface area contributed by atoms with Gasteiger partial charge in [0.05, 0.1) is 10.5 Å². The molecule has 0 spiro atoms. The summed E-state index contributed by atoms with van der Waals surface area (Å²) in [7, 11) is 1.63. The number of rotatable bonds is 6. The molecule has 3 aromatic rings. The molecule has 4 heterocycles. The van der Waals surface area contributed by atoms with Crippen LogP contribution in [0.5, 0.6) is 0 Å². The number of carbonyl (C=O) groups excluding carboxylic acids is 1. The third kappa shape index (κ3) is 4.63. The van der Waals surface area contributed by atoms with Gasteiger partial charge in [0.1, 0.15) is 15.8 Å². The van der Waals surface area contributed by atoms with Crippen molar-refractivity contribution in [2.24, 2.45) is 0 Å². The number of fused-ring (bicyclic) bond motifs is 2. The molecule has 0 unspecified atom stereocenters. The zero-order chi connectivity index (χ0) is 24.5. The highest BCUT2D eigenvalue weighted by molar-refractivity contribution is 8.26. The molecule has 0 atom stereocenters. The molecule has 1 aromatic carbocycles. The van der Waals surface area contributed by atoms with E-state index in [9.17, 15) is 9.59 Å². The lowest BCUT2D eigenvalue weighted by Crippen LogP contribution is -2.34. The fourth-order valence-electron chi connectivity index (χ4n) is 4.48. The molecule has 180 valence electrons. The number of pyridine rings is 1. The Hall–Kier alpha value is -3.01. The predicted molar refractivity (Wildman–Crippen MR) is 144 cm³/mol. The normalized spacial score (nSPS) is 17.0. The maximum Gasteiger partial charge on any atom is 0.267 e. The molecule has 0 saturated carbocycles. The van der Waals surface area contributed by atoms with E-state index in [0.717, 1.165) is 18.5 Å². The Morgan fingerprint density at radius 3 is 2.77 bits per heavy atom. The highest BCUT2D eigenvalue weighted by Crippen LogP contribution is 2.34. The molecule has 0 N–H and O–H groups in total. The number of carbonyl (C=O) groups is 1.